The number of hydrogen-bond acceptors (Lipinski definition) is 6. The van der Waals surface area contributed by atoms with Crippen molar-refractivity contribution >= 4 is 16.9 Å². The van der Waals surface area contributed by atoms with Gasteiger partial charge in [-0.1, -0.05) is 12.1 Å². The molecule has 0 spiro atoms. The van der Waals surface area contributed by atoms with E-state index in [9.17, 15) is 4.39 Å². The molecule has 0 atom stereocenters. The van der Waals surface area contributed by atoms with Gasteiger partial charge in [-0.3, -0.25) is 0 Å². The lowest BCUT2D eigenvalue weighted by atomic mass is 10.1. The minimum Gasteiger partial charge on any atom is -0.496 e. The molecule has 5 aromatic rings. The van der Waals surface area contributed by atoms with Gasteiger partial charge in [0, 0.05) is 6.20 Å². The molecule has 0 aliphatic heterocycles. The van der Waals surface area contributed by atoms with Gasteiger partial charge in [0.2, 0.25) is 0 Å². The number of aromatic nitrogens is 6. The number of rotatable bonds is 4. The van der Waals surface area contributed by atoms with E-state index in [4.69, 9.17) is 9.72 Å². The van der Waals surface area contributed by atoms with Crippen LogP contribution in [0.1, 0.15) is 5.69 Å². The first-order valence-electron chi connectivity index (χ1n) is 8.82. The number of benzene rings is 1. The number of hydrogen-bond donors (Lipinski definition) is 1. The first kappa shape index (κ1) is 17.5. The van der Waals surface area contributed by atoms with E-state index in [2.05, 4.69) is 20.3 Å². The molecule has 0 unspecified atom stereocenters. The third kappa shape index (κ3) is 2.78. The minimum atomic E-state index is -0.418. The Labute approximate surface area is 168 Å². The van der Waals surface area contributed by atoms with E-state index in [1.165, 1.54) is 30.8 Å². The molecule has 0 saturated carbocycles. The van der Waals surface area contributed by atoms with Crippen molar-refractivity contribution in [2.45, 2.75) is 6.92 Å². The number of methoxy groups -OCH3 is 1. The molecule has 0 aliphatic rings. The number of nitrogens with one attached hydrogen (secondary N) is 1. The van der Waals surface area contributed by atoms with Gasteiger partial charge in [0.25, 0.3) is 0 Å². The van der Waals surface area contributed by atoms with Crippen molar-refractivity contribution in [3.8, 4) is 38.3 Å². The van der Waals surface area contributed by atoms with E-state index in [-0.39, 0.29) is 5.56 Å². The van der Waals surface area contributed by atoms with Crippen molar-refractivity contribution in [3.63, 3.8) is 0 Å². The summed E-state index contributed by atoms with van der Waals surface area (Å²) in [5, 5.41) is 13.3. The van der Waals surface area contributed by atoms with Gasteiger partial charge in [0.05, 0.1) is 35.1 Å². The molecule has 0 saturated heterocycles. The summed E-state index contributed by atoms with van der Waals surface area (Å²) in [6.45, 7) is 1.93. The number of aromatic amines is 1. The Hall–Kier alpha value is -3.59. The number of H-pyrrole nitrogens is 1. The predicted octanol–water partition coefficient (Wildman–Crippen LogP) is 4.37. The molecule has 0 bridgehead atoms. The lowest BCUT2D eigenvalue weighted by Crippen LogP contribution is -1.94. The highest BCUT2D eigenvalue weighted by Gasteiger charge is 2.25. The topological polar surface area (TPSA) is 81.0 Å². The van der Waals surface area contributed by atoms with Crippen LogP contribution in [0.3, 0.4) is 0 Å². The number of ether oxygens (including phenoxy) is 1. The van der Waals surface area contributed by atoms with Gasteiger partial charge < -0.3 is 9.72 Å². The number of fused-ring (bicyclic) bond motifs is 1. The van der Waals surface area contributed by atoms with Crippen LogP contribution in [0, 0.1) is 12.7 Å². The average molecular weight is 406 g/mol. The molecule has 1 N–H and O–H groups in total. The summed E-state index contributed by atoms with van der Waals surface area (Å²) in [6.07, 6.45) is 3.37. The van der Waals surface area contributed by atoms with Crippen LogP contribution in [0.4, 0.5) is 4.39 Å². The van der Waals surface area contributed by atoms with Crippen molar-refractivity contribution in [1.29, 1.82) is 0 Å². The molecule has 4 aromatic heterocycles. The number of thiazole rings is 1. The number of halogens is 1. The lowest BCUT2D eigenvalue weighted by molar-refractivity contribution is 0.413. The maximum atomic E-state index is 14.9. The average Bonchev–Trinajstić information content (AvgIpc) is 3.45. The van der Waals surface area contributed by atoms with E-state index in [0.29, 0.717) is 22.1 Å². The Morgan fingerprint density at radius 3 is 2.83 bits per heavy atom. The molecule has 1 aromatic carbocycles. The summed E-state index contributed by atoms with van der Waals surface area (Å²) in [5.74, 6) is 0.501. The SMILES string of the molecule is COc1cccc(F)c1-c1nc(-c2c(C)nn3ccccc23)sc1-c1nnc[nH]1. The second-order valence-corrected chi connectivity index (χ2v) is 7.34. The summed E-state index contributed by atoms with van der Waals surface area (Å²) in [6, 6.07) is 10.6. The molecule has 29 heavy (non-hydrogen) atoms. The largest absolute Gasteiger partial charge is 0.496 e. The van der Waals surface area contributed by atoms with Crippen LogP contribution < -0.4 is 4.74 Å². The fourth-order valence-electron chi connectivity index (χ4n) is 3.36. The Morgan fingerprint density at radius 2 is 2.03 bits per heavy atom. The Bertz CT molecular complexity index is 1320. The van der Waals surface area contributed by atoms with Gasteiger partial charge in [0.1, 0.15) is 27.8 Å². The quantitative estimate of drug-likeness (QED) is 0.479. The maximum Gasteiger partial charge on any atom is 0.173 e. The van der Waals surface area contributed by atoms with Gasteiger partial charge in [-0.15, -0.1) is 21.5 Å². The maximum absolute atomic E-state index is 14.9. The Balaban J connectivity index is 1.81. The molecule has 0 fully saturated rings. The molecular formula is C20H15FN6OS. The molecule has 0 radical (unpaired) electrons. The van der Waals surface area contributed by atoms with Crippen LogP contribution in [-0.4, -0.2) is 36.9 Å². The molecule has 9 heteroatoms. The monoisotopic (exact) mass is 406 g/mol. The summed E-state index contributed by atoms with van der Waals surface area (Å²) < 4.78 is 22.1. The van der Waals surface area contributed by atoms with Crippen molar-refractivity contribution in [3.05, 3.63) is 60.4 Å². The normalized spacial score (nSPS) is 11.3. The highest BCUT2D eigenvalue weighted by molar-refractivity contribution is 7.19. The summed E-state index contributed by atoms with van der Waals surface area (Å²) in [4.78, 5) is 8.49. The van der Waals surface area contributed by atoms with E-state index >= 15 is 0 Å². The lowest BCUT2D eigenvalue weighted by Gasteiger charge is -2.08. The van der Waals surface area contributed by atoms with Gasteiger partial charge in [-0.25, -0.2) is 13.9 Å². The summed E-state index contributed by atoms with van der Waals surface area (Å²) >= 11 is 1.41. The predicted molar refractivity (Wildman–Crippen MR) is 108 cm³/mol. The smallest absolute Gasteiger partial charge is 0.173 e. The molecule has 144 valence electrons. The minimum absolute atomic E-state index is 0.290. The van der Waals surface area contributed by atoms with Crippen LogP contribution >= 0.6 is 11.3 Å². The highest BCUT2D eigenvalue weighted by atomic mass is 32.1. The van der Waals surface area contributed by atoms with Gasteiger partial charge in [-0.05, 0) is 31.2 Å². The van der Waals surface area contributed by atoms with Gasteiger partial charge in [-0.2, -0.15) is 5.10 Å². The van der Waals surface area contributed by atoms with Gasteiger partial charge in [0.15, 0.2) is 5.82 Å². The Morgan fingerprint density at radius 1 is 1.14 bits per heavy atom. The fourth-order valence-corrected chi connectivity index (χ4v) is 4.48. The number of pyridine rings is 1. The highest BCUT2D eigenvalue weighted by Crippen LogP contribution is 2.44. The third-order valence-corrected chi connectivity index (χ3v) is 5.70. The summed E-state index contributed by atoms with van der Waals surface area (Å²) in [7, 11) is 1.51. The van der Waals surface area contributed by atoms with Crippen molar-refractivity contribution in [2.24, 2.45) is 0 Å². The second-order valence-electron chi connectivity index (χ2n) is 6.34. The van der Waals surface area contributed by atoms with E-state index in [0.717, 1.165) is 21.8 Å². The Kier molecular flexibility index (Phi) is 4.09. The standard InChI is InChI=1S/C20H15FN6OS/c1-11-15(13-7-3-4-9-27(13)26-11)20-24-17(18(29-20)19-22-10-23-25-19)16-12(21)6-5-8-14(16)28-2/h3-10H,1-2H3,(H,22,23,25). The second kappa shape index (κ2) is 6.78. The van der Waals surface area contributed by atoms with Crippen LogP contribution in [-0.2, 0) is 0 Å². The zero-order valence-electron chi connectivity index (χ0n) is 15.5. The third-order valence-electron chi connectivity index (χ3n) is 4.62. The van der Waals surface area contributed by atoms with Crippen molar-refractivity contribution in [1.82, 2.24) is 29.8 Å². The zero-order chi connectivity index (χ0) is 20.0. The fraction of sp³-hybridized carbons (Fsp3) is 0.100. The first-order chi connectivity index (χ1) is 14.2. The molecule has 7 nitrogen and oxygen atoms in total. The molecule has 5 rings (SSSR count). The van der Waals surface area contributed by atoms with Crippen LogP contribution in [0.25, 0.3) is 38.0 Å². The molecule has 0 aliphatic carbocycles. The van der Waals surface area contributed by atoms with E-state index in [1.807, 2.05) is 35.8 Å². The van der Waals surface area contributed by atoms with Crippen molar-refractivity contribution in [2.75, 3.05) is 7.11 Å². The van der Waals surface area contributed by atoms with E-state index in [1.54, 1.807) is 12.1 Å². The van der Waals surface area contributed by atoms with Crippen molar-refractivity contribution < 1.29 is 9.13 Å². The number of nitrogens with zero attached hydrogens (tertiary/aromatic N) is 5. The molecule has 4 heterocycles. The van der Waals surface area contributed by atoms with Crippen LogP contribution in [0.5, 0.6) is 5.75 Å². The first-order valence-corrected chi connectivity index (χ1v) is 9.63. The molecule has 0 amide bonds. The zero-order valence-corrected chi connectivity index (χ0v) is 16.4. The van der Waals surface area contributed by atoms with Crippen LogP contribution in [0.2, 0.25) is 0 Å². The van der Waals surface area contributed by atoms with Gasteiger partial charge >= 0.3 is 0 Å². The number of aryl methyl sites for hydroxylation is 1. The molecular weight excluding hydrogens is 391 g/mol. The van der Waals surface area contributed by atoms with E-state index < -0.39 is 5.82 Å². The summed E-state index contributed by atoms with van der Waals surface area (Å²) in [5.41, 5.74) is 3.40. The van der Waals surface area contributed by atoms with Crippen LogP contribution in [0.15, 0.2) is 48.9 Å².